The third kappa shape index (κ3) is 4.62. The van der Waals surface area contributed by atoms with E-state index < -0.39 is 10.1 Å². The van der Waals surface area contributed by atoms with Gasteiger partial charge < -0.3 is 9.45 Å². The Kier molecular flexibility index (Phi) is 6.29. The first-order valence-corrected chi connectivity index (χ1v) is 12.9. The highest BCUT2D eigenvalue weighted by molar-refractivity contribution is 8.03. The minimum absolute atomic E-state index is 0.300. The third-order valence-electron chi connectivity index (χ3n) is 4.84. The maximum Gasteiger partial charge on any atom is 0.262 e. The number of hydrogen-bond acceptors (Lipinski definition) is 6. The second-order valence-electron chi connectivity index (χ2n) is 6.85. The van der Waals surface area contributed by atoms with E-state index in [-0.39, 0.29) is 5.75 Å². The van der Waals surface area contributed by atoms with Crippen LogP contribution in [0.25, 0.3) is 16.3 Å². The molecule has 0 aliphatic carbocycles. The highest BCUT2D eigenvalue weighted by Crippen LogP contribution is 2.45. The minimum Gasteiger partial charge on any atom is -0.748 e. The van der Waals surface area contributed by atoms with Crippen molar-refractivity contribution in [1.29, 1.82) is 0 Å². The number of fused-ring (bicyclic) bond motifs is 2. The van der Waals surface area contributed by atoms with Gasteiger partial charge in [0.1, 0.15) is 4.70 Å². The lowest BCUT2D eigenvalue weighted by Gasteiger charge is -2.17. The number of thiazole rings is 1. The molecular formula is C22H22N2O3S3. The van der Waals surface area contributed by atoms with Crippen molar-refractivity contribution in [1.82, 2.24) is 0 Å². The number of aryl methyl sites for hydroxylation is 1. The number of allylic oxidation sites excluding steroid dienone is 2. The summed E-state index contributed by atoms with van der Waals surface area (Å²) in [7, 11) is -4.20. The second kappa shape index (κ2) is 8.93. The van der Waals surface area contributed by atoms with E-state index in [0.717, 1.165) is 21.8 Å². The second-order valence-corrected chi connectivity index (χ2v) is 10.5. The van der Waals surface area contributed by atoms with Crippen LogP contribution in [0.1, 0.15) is 18.4 Å². The van der Waals surface area contributed by atoms with Crippen molar-refractivity contribution in [3.8, 4) is 0 Å². The van der Waals surface area contributed by atoms with Crippen molar-refractivity contribution in [2.45, 2.75) is 24.8 Å². The molecule has 1 aromatic heterocycles. The first-order chi connectivity index (χ1) is 14.5. The van der Waals surface area contributed by atoms with Crippen LogP contribution in [0.5, 0.6) is 0 Å². The zero-order chi connectivity index (χ0) is 21.1. The summed E-state index contributed by atoms with van der Waals surface area (Å²) in [5, 5.41) is 2.21. The first-order valence-electron chi connectivity index (χ1n) is 9.74. The summed E-state index contributed by atoms with van der Waals surface area (Å²) >= 11 is 3.42. The average Bonchev–Trinajstić information content (AvgIpc) is 3.25. The fourth-order valence-electron chi connectivity index (χ4n) is 3.52. The predicted octanol–water partition coefficient (Wildman–Crippen LogP) is 4.61. The van der Waals surface area contributed by atoms with E-state index in [4.69, 9.17) is 0 Å². The lowest BCUT2D eigenvalue weighted by Crippen LogP contribution is -2.35. The van der Waals surface area contributed by atoms with E-state index in [1.54, 1.807) is 23.1 Å². The molecule has 0 radical (unpaired) electrons. The Labute approximate surface area is 185 Å². The quantitative estimate of drug-likeness (QED) is 0.382. The zero-order valence-corrected chi connectivity index (χ0v) is 19.0. The summed E-state index contributed by atoms with van der Waals surface area (Å²) in [6.45, 7) is 3.53. The topological polar surface area (TPSA) is 64.3 Å². The third-order valence-corrected chi connectivity index (χ3v) is 7.89. The maximum atomic E-state index is 11.0. The Morgan fingerprint density at radius 2 is 1.90 bits per heavy atom. The number of para-hydroxylation sites is 2. The Morgan fingerprint density at radius 1 is 1.13 bits per heavy atom. The lowest BCUT2D eigenvalue weighted by molar-refractivity contribution is -0.668. The number of hydrogen-bond donors (Lipinski definition) is 0. The largest absolute Gasteiger partial charge is 0.748 e. The molecule has 0 fully saturated rings. The standard InChI is InChI=1S/C22H22N2O3S3/c1-2-23-17-9-3-5-11-19(17)28-21(23)13-7-14-22-24(15-8-16-30(25,26)27)18-10-4-6-12-20(18)29-22/h3-7,9-14H,2,8,15-16H2,1H3. The molecule has 4 rings (SSSR count). The van der Waals surface area contributed by atoms with Crippen LogP contribution in [-0.2, 0) is 16.7 Å². The van der Waals surface area contributed by atoms with E-state index in [9.17, 15) is 13.0 Å². The number of rotatable bonds is 7. The van der Waals surface area contributed by atoms with E-state index in [1.165, 1.54) is 15.6 Å². The van der Waals surface area contributed by atoms with Gasteiger partial charge in [0.2, 0.25) is 5.52 Å². The van der Waals surface area contributed by atoms with Gasteiger partial charge in [-0.15, -0.1) is 0 Å². The predicted molar refractivity (Wildman–Crippen MR) is 124 cm³/mol. The molecule has 5 nitrogen and oxygen atoms in total. The molecule has 30 heavy (non-hydrogen) atoms. The fourth-order valence-corrected chi connectivity index (χ4v) is 6.25. The van der Waals surface area contributed by atoms with E-state index >= 15 is 0 Å². The van der Waals surface area contributed by atoms with Crippen molar-refractivity contribution in [2.24, 2.45) is 0 Å². The molecule has 2 aromatic carbocycles. The first kappa shape index (κ1) is 21.1. The summed E-state index contributed by atoms with van der Waals surface area (Å²) in [6, 6.07) is 16.4. The molecule has 0 atom stereocenters. The number of anilines is 1. The Morgan fingerprint density at radius 3 is 2.70 bits per heavy atom. The molecule has 0 amide bonds. The summed E-state index contributed by atoms with van der Waals surface area (Å²) in [6.07, 6.45) is 6.52. The molecule has 156 valence electrons. The number of nitrogens with zero attached hydrogens (tertiary/aromatic N) is 2. The zero-order valence-electron chi connectivity index (χ0n) is 16.5. The molecule has 0 N–H and O–H groups in total. The highest BCUT2D eigenvalue weighted by Gasteiger charge is 2.23. The van der Waals surface area contributed by atoms with Gasteiger partial charge in [0.25, 0.3) is 5.01 Å². The van der Waals surface area contributed by atoms with E-state index in [2.05, 4.69) is 58.9 Å². The molecule has 8 heteroatoms. The molecule has 0 saturated carbocycles. The number of thioether (sulfide) groups is 1. The van der Waals surface area contributed by atoms with Crippen LogP contribution in [0.4, 0.5) is 5.69 Å². The van der Waals surface area contributed by atoms with Gasteiger partial charge in [-0.05, 0) is 31.2 Å². The summed E-state index contributed by atoms with van der Waals surface area (Å²) < 4.78 is 36.2. The van der Waals surface area contributed by atoms with Crippen LogP contribution in [0.15, 0.2) is 70.6 Å². The fraction of sp³-hybridized carbons (Fsp3) is 0.227. The van der Waals surface area contributed by atoms with Crippen LogP contribution < -0.4 is 9.47 Å². The van der Waals surface area contributed by atoms with Crippen LogP contribution in [-0.4, -0.2) is 25.3 Å². The van der Waals surface area contributed by atoms with Crippen molar-refractivity contribution in [3.63, 3.8) is 0 Å². The Bertz CT molecular complexity index is 1230. The molecule has 0 spiro atoms. The van der Waals surface area contributed by atoms with Crippen molar-refractivity contribution in [3.05, 3.63) is 70.7 Å². The molecule has 0 unspecified atom stereocenters. The molecule has 1 aliphatic rings. The Hall–Kier alpha value is -2.13. The number of aromatic nitrogens is 1. The van der Waals surface area contributed by atoms with Gasteiger partial charge in [-0.1, -0.05) is 53.4 Å². The molecule has 1 aliphatic heterocycles. The molecule has 2 heterocycles. The molecular weight excluding hydrogens is 436 g/mol. The van der Waals surface area contributed by atoms with Crippen LogP contribution in [0, 0.1) is 0 Å². The van der Waals surface area contributed by atoms with Gasteiger partial charge >= 0.3 is 0 Å². The van der Waals surface area contributed by atoms with Gasteiger partial charge in [-0.25, -0.2) is 8.42 Å². The minimum atomic E-state index is -4.20. The van der Waals surface area contributed by atoms with Gasteiger partial charge in [-0.2, -0.15) is 4.57 Å². The summed E-state index contributed by atoms with van der Waals surface area (Å²) in [5.41, 5.74) is 2.29. The van der Waals surface area contributed by atoms with Gasteiger partial charge in [0.05, 0.1) is 20.8 Å². The average molecular weight is 459 g/mol. The van der Waals surface area contributed by atoms with Crippen LogP contribution >= 0.6 is 23.1 Å². The van der Waals surface area contributed by atoms with E-state index in [1.807, 2.05) is 24.3 Å². The van der Waals surface area contributed by atoms with Crippen molar-refractivity contribution >= 4 is 55.2 Å². The molecule has 0 saturated heterocycles. The van der Waals surface area contributed by atoms with Crippen LogP contribution in [0.3, 0.4) is 0 Å². The van der Waals surface area contributed by atoms with Crippen molar-refractivity contribution < 1.29 is 17.5 Å². The van der Waals surface area contributed by atoms with Crippen molar-refractivity contribution in [2.75, 3.05) is 17.2 Å². The van der Waals surface area contributed by atoms with Gasteiger partial charge in [0.15, 0.2) is 6.54 Å². The van der Waals surface area contributed by atoms with E-state index in [0.29, 0.717) is 13.0 Å². The smallest absolute Gasteiger partial charge is 0.262 e. The summed E-state index contributed by atoms with van der Waals surface area (Å²) in [5.74, 6) is -0.349. The highest BCUT2D eigenvalue weighted by atomic mass is 32.2. The monoisotopic (exact) mass is 458 g/mol. The summed E-state index contributed by atoms with van der Waals surface area (Å²) in [4.78, 5) is 3.55. The molecule has 0 bridgehead atoms. The molecule has 3 aromatic rings. The number of benzene rings is 2. The maximum absolute atomic E-state index is 11.0. The van der Waals surface area contributed by atoms with Gasteiger partial charge in [-0.3, -0.25) is 0 Å². The Balaban J connectivity index is 1.60. The SMILES string of the molecule is CCN1/C(=C\C=C\c2sc3ccccc3[n+]2CCCS(=O)(=O)[O-])Sc2ccccc21. The lowest BCUT2D eigenvalue weighted by atomic mass is 10.3. The normalized spacial score (nSPS) is 15.5. The van der Waals surface area contributed by atoms with Crippen LogP contribution in [0.2, 0.25) is 0 Å². The van der Waals surface area contributed by atoms with Gasteiger partial charge in [0, 0.05) is 35.8 Å².